The summed E-state index contributed by atoms with van der Waals surface area (Å²) >= 11 is 0. The van der Waals surface area contributed by atoms with Gasteiger partial charge >= 0.3 is 5.97 Å². The topological polar surface area (TPSA) is 96.0 Å². The summed E-state index contributed by atoms with van der Waals surface area (Å²) < 4.78 is 26.4. The zero-order chi connectivity index (χ0) is 32.3. The largest absolute Gasteiger partial charge is 0.493 e. The third kappa shape index (κ3) is 6.01. The first-order valence-corrected chi connectivity index (χ1v) is 15.2. The van der Waals surface area contributed by atoms with E-state index in [4.69, 9.17) is 18.6 Å². The number of hydrogen-bond acceptors (Lipinski definition) is 6. The van der Waals surface area contributed by atoms with Crippen LogP contribution in [0.4, 0.5) is 0 Å². The molecule has 0 radical (unpaired) electrons. The van der Waals surface area contributed by atoms with Gasteiger partial charge < -0.3 is 28.3 Å². The van der Waals surface area contributed by atoms with Crippen molar-refractivity contribution in [2.24, 2.45) is 0 Å². The number of hydrogen-bond donors (Lipinski definition) is 1. The molecule has 0 atom stereocenters. The summed E-state index contributed by atoms with van der Waals surface area (Å²) in [5.74, 6) is 2.34. The Morgan fingerprint density at radius 3 is 2.28 bits per heavy atom. The number of ether oxygens (including phenoxy) is 3. The highest BCUT2D eigenvalue weighted by Gasteiger charge is 2.17. The molecule has 1 N–H and O–H groups in total. The van der Waals surface area contributed by atoms with Gasteiger partial charge in [0.25, 0.3) is 0 Å². The van der Waals surface area contributed by atoms with Gasteiger partial charge in [-0.05, 0) is 72.6 Å². The molecule has 0 aliphatic heterocycles. The third-order valence-electron chi connectivity index (χ3n) is 8.20. The molecule has 0 amide bonds. The van der Waals surface area contributed by atoms with Gasteiger partial charge in [-0.1, -0.05) is 60.7 Å². The number of nitrogens with zero attached hydrogens (tertiary/aromatic N) is 2. The van der Waals surface area contributed by atoms with Crippen LogP contribution in [0.5, 0.6) is 17.2 Å². The molecular formula is C39H32N2O6. The van der Waals surface area contributed by atoms with E-state index in [9.17, 15) is 9.90 Å². The van der Waals surface area contributed by atoms with Crippen LogP contribution in [0.15, 0.2) is 120 Å². The molecule has 7 rings (SSSR count). The summed E-state index contributed by atoms with van der Waals surface area (Å²) in [6.45, 7) is 3.05. The van der Waals surface area contributed by atoms with E-state index in [0.29, 0.717) is 36.3 Å². The maximum absolute atomic E-state index is 11.2. The monoisotopic (exact) mass is 624 g/mol. The van der Waals surface area contributed by atoms with Crippen LogP contribution >= 0.6 is 0 Å². The highest BCUT2D eigenvalue weighted by Crippen LogP contribution is 2.37. The summed E-state index contributed by atoms with van der Waals surface area (Å²) in [5, 5.41) is 11.3. The van der Waals surface area contributed by atoms with Crippen molar-refractivity contribution in [1.82, 2.24) is 9.55 Å². The molecule has 0 saturated heterocycles. The van der Waals surface area contributed by atoms with E-state index < -0.39 is 5.97 Å². The van der Waals surface area contributed by atoms with Crippen LogP contribution in [-0.4, -0.2) is 27.7 Å². The number of oxazole rings is 1. The number of fused-ring (bicyclic) bond motifs is 3. The summed E-state index contributed by atoms with van der Waals surface area (Å²) in [6, 6.07) is 36.9. The quantitative estimate of drug-likeness (QED) is 0.154. The number of aryl methyl sites for hydroxylation is 1. The van der Waals surface area contributed by atoms with Crippen molar-refractivity contribution in [2.75, 3.05) is 7.11 Å². The second kappa shape index (κ2) is 12.8. The predicted molar refractivity (Wildman–Crippen MR) is 180 cm³/mol. The van der Waals surface area contributed by atoms with Crippen molar-refractivity contribution >= 4 is 27.8 Å². The van der Waals surface area contributed by atoms with Crippen LogP contribution in [0.3, 0.4) is 0 Å². The second-order valence-electron chi connectivity index (χ2n) is 11.2. The first-order chi connectivity index (χ1) is 23.0. The molecule has 234 valence electrons. The molecule has 8 nitrogen and oxygen atoms in total. The minimum atomic E-state index is -0.950. The molecule has 0 bridgehead atoms. The fraction of sp³-hybridized carbons (Fsp3) is 0.128. The van der Waals surface area contributed by atoms with E-state index in [1.54, 1.807) is 31.4 Å². The number of carbonyl (C=O) groups is 1. The SMILES string of the molecule is COc1cc(Cn2c3ccccc3c3c(OCc4ccc(C(=O)O)cc4)cccc32)ccc1OCc1nc(-c2ccccc2)oc1C. The zero-order valence-corrected chi connectivity index (χ0v) is 26.0. The number of aromatic nitrogens is 2. The fourth-order valence-corrected chi connectivity index (χ4v) is 5.79. The first-order valence-electron chi connectivity index (χ1n) is 15.2. The molecule has 2 aromatic heterocycles. The van der Waals surface area contributed by atoms with Gasteiger partial charge in [0.2, 0.25) is 5.89 Å². The molecule has 0 spiro atoms. The van der Waals surface area contributed by atoms with Crippen molar-refractivity contribution < 1.29 is 28.5 Å². The maximum Gasteiger partial charge on any atom is 0.335 e. The highest BCUT2D eigenvalue weighted by molar-refractivity contribution is 6.11. The van der Waals surface area contributed by atoms with Crippen LogP contribution in [0.1, 0.15) is 32.9 Å². The smallest absolute Gasteiger partial charge is 0.335 e. The fourth-order valence-electron chi connectivity index (χ4n) is 5.79. The summed E-state index contributed by atoms with van der Waals surface area (Å²) in [6.07, 6.45) is 0. The van der Waals surface area contributed by atoms with Gasteiger partial charge in [0.15, 0.2) is 11.5 Å². The van der Waals surface area contributed by atoms with Gasteiger partial charge in [0.05, 0.1) is 18.2 Å². The average molecular weight is 625 g/mol. The molecule has 47 heavy (non-hydrogen) atoms. The van der Waals surface area contributed by atoms with Gasteiger partial charge in [-0.15, -0.1) is 0 Å². The normalized spacial score (nSPS) is 11.2. The van der Waals surface area contributed by atoms with Crippen LogP contribution in [0.25, 0.3) is 33.3 Å². The van der Waals surface area contributed by atoms with Crippen molar-refractivity contribution in [3.8, 4) is 28.7 Å². The number of rotatable bonds is 11. The highest BCUT2D eigenvalue weighted by atomic mass is 16.5. The molecular weight excluding hydrogens is 592 g/mol. The van der Waals surface area contributed by atoms with Crippen LogP contribution in [0.2, 0.25) is 0 Å². The lowest BCUT2D eigenvalue weighted by atomic mass is 10.1. The van der Waals surface area contributed by atoms with E-state index in [0.717, 1.165) is 49.9 Å². The van der Waals surface area contributed by atoms with Gasteiger partial charge in [-0.3, -0.25) is 0 Å². The van der Waals surface area contributed by atoms with Gasteiger partial charge in [0.1, 0.15) is 30.4 Å². The van der Waals surface area contributed by atoms with Crippen LogP contribution in [0, 0.1) is 6.92 Å². The van der Waals surface area contributed by atoms with Crippen LogP contribution in [-0.2, 0) is 19.8 Å². The minimum Gasteiger partial charge on any atom is -0.493 e. The number of carboxylic acid groups (broad SMARTS) is 1. The Kier molecular flexibility index (Phi) is 8.06. The lowest BCUT2D eigenvalue weighted by molar-refractivity contribution is 0.0696. The standard InChI is InChI=1S/C39H32N2O6/c1-25-31(40-38(47-25)28-9-4-3-5-10-28)24-46-34-20-17-27(21-36(34)44-2)22-41-32-12-7-6-11-30(32)37-33(41)13-8-14-35(37)45-23-26-15-18-29(19-16-26)39(42)43/h3-21H,22-24H2,1-2H3,(H,42,43). The third-order valence-corrected chi connectivity index (χ3v) is 8.20. The Bertz CT molecular complexity index is 2200. The molecule has 7 aromatic rings. The average Bonchev–Trinajstić information content (AvgIpc) is 3.64. The van der Waals surface area contributed by atoms with Crippen molar-refractivity contribution in [2.45, 2.75) is 26.7 Å². The molecule has 0 fully saturated rings. The van der Waals surface area contributed by atoms with Crippen molar-refractivity contribution in [3.63, 3.8) is 0 Å². The summed E-state index contributed by atoms with van der Waals surface area (Å²) in [5.41, 5.74) is 5.96. The van der Waals surface area contributed by atoms with Crippen LogP contribution < -0.4 is 14.2 Å². The Morgan fingerprint density at radius 1 is 0.766 bits per heavy atom. The van der Waals surface area contributed by atoms with Crippen molar-refractivity contribution in [1.29, 1.82) is 0 Å². The van der Waals surface area contributed by atoms with Gasteiger partial charge in [0, 0.05) is 28.4 Å². The molecule has 0 unspecified atom stereocenters. The van der Waals surface area contributed by atoms with E-state index in [2.05, 4.69) is 27.8 Å². The van der Waals surface area contributed by atoms with E-state index >= 15 is 0 Å². The lowest BCUT2D eigenvalue weighted by Gasteiger charge is -2.13. The lowest BCUT2D eigenvalue weighted by Crippen LogP contribution is -2.03. The Balaban J connectivity index is 1.13. The molecule has 8 heteroatoms. The minimum absolute atomic E-state index is 0.247. The van der Waals surface area contributed by atoms with Crippen molar-refractivity contribution in [3.05, 3.63) is 143 Å². The maximum atomic E-state index is 11.2. The molecule has 5 aromatic carbocycles. The first kappa shape index (κ1) is 29.7. The number of methoxy groups -OCH3 is 1. The number of carboxylic acids is 1. The zero-order valence-electron chi connectivity index (χ0n) is 26.0. The molecule has 2 heterocycles. The number of benzene rings is 5. The predicted octanol–water partition coefficient (Wildman–Crippen LogP) is 8.67. The molecule has 0 aliphatic carbocycles. The number of aromatic carboxylic acids is 1. The second-order valence-corrected chi connectivity index (χ2v) is 11.2. The van der Waals surface area contributed by atoms with Gasteiger partial charge in [-0.2, -0.15) is 0 Å². The van der Waals surface area contributed by atoms with E-state index in [1.807, 2.05) is 79.7 Å². The number of para-hydroxylation sites is 1. The Morgan fingerprint density at radius 2 is 1.49 bits per heavy atom. The van der Waals surface area contributed by atoms with E-state index in [1.165, 1.54) is 0 Å². The Labute approximate surface area is 271 Å². The summed E-state index contributed by atoms with van der Waals surface area (Å²) in [7, 11) is 1.64. The Hall–Kier alpha value is -6.02. The van der Waals surface area contributed by atoms with E-state index in [-0.39, 0.29) is 12.2 Å². The molecule has 0 aliphatic rings. The molecule has 0 saturated carbocycles. The van der Waals surface area contributed by atoms with Gasteiger partial charge in [-0.25, -0.2) is 9.78 Å². The summed E-state index contributed by atoms with van der Waals surface area (Å²) in [4.78, 5) is 15.9.